The van der Waals surface area contributed by atoms with Gasteiger partial charge in [0.1, 0.15) is 0 Å². The lowest BCUT2D eigenvalue weighted by molar-refractivity contribution is 0.299. The molecule has 0 spiro atoms. The molecule has 1 aromatic rings. The molecule has 0 amide bonds. The SMILES string of the molecule is CCCCCCCCC(CCCCCCCC)(CCCCCCCC)c1ccccc1. The lowest BCUT2D eigenvalue weighted by Gasteiger charge is -2.35. The first-order chi connectivity index (χ1) is 15.3. The topological polar surface area (TPSA) is 0 Å². The maximum atomic E-state index is 2.45. The molecule has 0 nitrogen and oxygen atoms in total. The third-order valence-corrected chi connectivity index (χ3v) is 7.41. The molecule has 0 atom stereocenters. The summed E-state index contributed by atoms with van der Waals surface area (Å²) in [4.78, 5) is 0. The Bertz CT molecular complexity index is 433. The first kappa shape index (κ1) is 28.3. The summed E-state index contributed by atoms with van der Waals surface area (Å²) in [5.74, 6) is 0. The molecule has 0 saturated carbocycles. The lowest BCUT2D eigenvalue weighted by atomic mass is 9.69. The summed E-state index contributed by atoms with van der Waals surface area (Å²) in [5.41, 5.74) is 2.08. The monoisotopic (exact) mass is 428 g/mol. The van der Waals surface area contributed by atoms with Crippen molar-refractivity contribution in [3.8, 4) is 0 Å². The van der Waals surface area contributed by atoms with Crippen molar-refractivity contribution in [2.45, 2.75) is 161 Å². The van der Waals surface area contributed by atoms with Crippen LogP contribution in [0.25, 0.3) is 0 Å². The quantitative estimate of drug-likeness (QED) is 0.161. The van der Waals surface area contributed by atoms with Crippen molar-refractivity contribution in [3.63, 3.8) is 0 Å². The predicted molar refractivity (Wildman–Crippen MR) is 142 cm³/mol. The zero-order valence-electron chi connectivity index (χ0n) is 21.7. The summed E-state index contributed by atoms with van der Waals surface area (Å²) in [6, 6.07) is 11.7. The van der Waals surface area contributed by atoms with Gasteiger partial charge in [-0.2, -0.15) is 0 Å². The number of hydrogen-bond acceptors (Lipinski definition) is 0. The zero-order valence-corrected chi connectivity index (χ0v) is 21.7. The fraction of sp³-hybridized carbons (Fsp3) is 0.806. The Morgan fingerprint density at radius 2 is 0.742 bits per heavy atom. The molecule has 0 heteroatoms. The second-order valence-electron chi connectivity index (χ2n) is 10.2. The van der Waals surface area contributed by atoms with E-state index in [4.69, 9.17) is 0 Å². The number of rotatable bonds is 22. The van der Waals surface area contributed by atoms with Crippen LogP contribution >= 0.6 is 0 Å². The summed E-state index contributed by atoms with van der Waals surface area (Å²) in [6.45, 7) is 6.96. The third kappa shape index (κ3) is 13.4. The second kappa shape index (κ2) is 19.9. The first-order valence-electron chi connectivity index (χ1n) is 14.3. The molecule has 0 radical (unpaired) electrons. The molecule has 31 heavy (non-hydrogen) atoms. The van der Waals surface area contributed by atoms with Gasteiger partial charge in [-0.05, 0) is 30.2 Å². The molecule has 0 bridgehead atoms. The minimum atomic E-state index is 0.432. The largest absolute Gasteiger partial charge is 0.0654 e. The molecule has 0 saturated heterocycles. The Morgan fingerprint density at radius 3 is 1.10 bits per heavy atom. The maximum absolute atomic E-state index is 2.45. The Morgan fingerprint density at radius 1 is 0.419 bits per heavy atom. The minimum absolute atomic E-state index is 0.432. The van der Waals surface area contributed by atoms with E-state index in [-0.39, 0.29) is 0 Å². The molecule has 0 heterocycles. The molecule has 0 aliphatic rings. The molecule has 180 valence electrons. The van der Waals surface area contributed by atoms with Crippen LogP contribution in [0.3, 0.4) is 0 Å². The van der Waals surface area contributed by atoms with Crippen molar-refractivity contribution in [1.82, 2.24) is 0 Å². The summed E-state index contributed by atoms with van der Waals surface area (Å²) < 4.78 is 0. The Balaban J connectivity index is 2.71. The zero-order chi connectivity index (χ0) is 22.5. The van der Waals surface area contributed by atoms with E-state index in [2.05, 4.69) is 51.1 Å². The van der Waals surface area contributed by atoms with Gasteiger partial charge in [-0.3, -0.25) is 0 Å². The van der Waals surface area contributed by atoms with Crippen molar-refractivity contribution >= 4 is 0 Å². The van der Waals surface area contributed by atoms with Crippen molar-refractivity contribution in [2.75, 3.05) is 0 Å². The normalized spacial score (nSPS) is 11.8. The van der Waals surface area contributed by atoms with Crippen LogP contribution in [0.5, 0.6) is 0 Å². The van der Waals surface area contributed by atoms with Gasteiger partial charge >= 0.3 is 0 Å². The van der Waals surface area contributed by atoms with E-state index in [1.165, 1.54) is 135 Å². The fourth-order valence-electron chi connectivity index (χ4n) is 5.33. The van der Waals surface area contributed by atoms with Gasteiger partial charge in [0.15, 0.2) is 0 Å². The van der Waals surface area contributed by atoms with Crippen LogP contribution in [0.15, 0.2) is 30.3 Å². The van der Waals surface area contributed by atoms with Gasteiger partial charge in [0.2, 0.25) is 0 Å². The van der Waals surface area contributed by atoms with Crippen molar-refractivity contribution in [3.05, 3.63) is 35.9 Å². The Hall–Kier alpha value is -0.780. The Labute approximate surface area is 197 Å². The molecule has 0 unspecified atom stereocenters. The van der Waals surface area contributed by atoms with E-state index in [1.54, 1.807) is 5.56 Å². The third-order valence-electron chi connectivity index (χ3n) is 7.41. The molecular weight excluding hydrogens is 372 g/mol. The average molecular weight is 429 g/mol. The van der Waals surface area contributed by atoms with E-state index < -0.39 is 0 Å². The number of benzene rings is 1. The minimum Gasteiger partial charge on any atom is -0.0654 e. The molecule has 0 aliphatic heterocycles. The van der Waals surface area contributed by atoms with Crippen LogP contribution in [0.1, 0.15) is 161 Å². The predicted octanol–water partition coefficient (Wildman–Crippen LogP) is 11.2. The number of unbranched alkanes of at least 4 members (excludes halogenated alkanes) is 15. The fourth-order valence-corrected chi connectivity index (χ4v) is 5.33. The molecule has 0 fully saturated rings. The highest BCUT2D eigenvalue weighted by Gasteiger charge is 2.30. The van der Waals surface area contributed by atoms with E-state index in [0.717, 1.165) is 0 Å². The highest BCUT2D eigenvalue weighted by molar-refractivity contribution is 5.25. The smallest absolute Gasteiger partial charge is 0.00470 e. The lowest BCUT2D eigenvalue weighted by Crippen LogP contribution is -2.26. The van der Waals surface area contributed by atoms with Gasteiger partial charge < -0.3 is 0 Å². The van der Waals surface area contributed by atoms with Crippen molar-refractivity contribution in [2.24, 2.45) is 0 Å². The number of hydrogen-bond donors (Lipinski definition) is 0. The van der Waals surface area contributed by atoms with Crippen LogP contribution in [0.2, 0.25) is 0 Å². The Kier molecular flexibility index (Phi) is 18.1. The van der Waals surface area contributed by atoms with E-state index in [1.807, 2.05) is 0 Å². The second-order valence-corrected chi connectivity index (χ2v) is 10.2. The summed E-state index contributed by atoms with van der Waals surface area (Å²) >= 11 is 0. The highest BCUT2D eigenvalue weighted by Crippen LogP contribution is 2.40. The van der Waals surface area contributed by atoms with Gasteiger partial charge in [-0.25, -0.2) is 0 Å². The van der Waals surface area contributed by atoms with Crippen LogP contribution < -0.4 is 0 Å². The highest BCUT2D eigenvalue weighted by atomic mass is 14.3. The van der Waals surface area contributed by atoms with Crippen LogP contribution in [0, 0.1) is 0 Å². The molecule has 0 aliphatic carbocycles. The molecule has 1 aromatic carbocycles. The van der Waals surface area contributed by atoms with Crippen molar-refractivity contribution < 1.29 is 0 Å². The first-order valence-corrected chi connectivity index (χ1v) is 14.3. The van der Waals surface area contributed by atoms with Gasteiger partial charge in [0.25, 0.3) is 0 Å². The standard InChI is InChI=1S/C31H56/c1-4-7-10-13-16-22-27-31(30-25-20-19-21-26-30,28-23-17-14-11-8-5-2)29-24-18-15-12-9-6-3/h19-21,25-26H,4-18,22-24,27-29H2,1-3H3. The van der Waals surface area contributed by atoms with Crippen LogP contribution in [-0.4, -0.2) is 0 Å². The summed E-state index contributed by atoms with van der Waals surface area (Å²) in [5, 5.41) is 0. The average Bonchev–Trinajstić information content (AvgIpc) is 2.80. The van der Waals surface area contributed by atoms with Gasteiger partial charge in [0.05, 0.1) is 0 Å². The van der Waals surface area contributed by atoms with E-state index in [9.17, 15) is 0 Å². The molecule has 1 rings (SSSR count). The summed E-state index contributed by atoms with van der Waals surface area (Å²) in [6.07, 6.45) is 29.7. The van der Waals surface area contributed by atoms with Crippen LogP contribution in [-0.2, 0) is 5.41 Å². The molecule has 0 N–H and O–H groups in total. The maximum Gasteiger partial charge on any atom is -0.00470 e. The molecule has 0 aromatic heterocycles. The van der Waals surface area contributed by atoms with Gasteiger partial charge in [-0.1, -0.05) is 167 Å². The van der Waals surface area contributed by atoms with E-state index in [0.29, 0.717) is 5.41 Å². The van der Waals surface area contributed by atoms with Crippen LogP contribution in [0.4, 0.5) is 0 Å². The van der Waals surface area contributed by atoms with Gasteiger partial charge in [0, 0.05) is 0 Å². The van der Waals surface area contributed by atoms with Crippen molar-refractivity contribution in [1.29, 1.82) is 0 Å². The van der Waals surface area contributed by atoms with E-state index >= 15 is 0 Å². The molecular formula is C31H56. The summed E-state index contributed by atoms with van der Waals surface area (Å²) in [7, 11) is 0. The van der Waals surface area contributed by atoms with Gasteiger partial charge in [-0.15, -0.1) is 0 Å².